The van der Waals surface area contributed by atoms with Crippen molar-refractivity contribution in [2.75, 3.05) is 20.1 Å². The Morgan fingerprint density at radius 2 is 1.95 bits per heavy atom. The maximum Gasteiger partial charge on any atom is 0.326 e. The first-order chi connectivity index (χ1) is 9.79. The number of nitrogens with zero attached hydrogens (tertiary/aromatic N) is 2. The maximum absolute atomic E-state index is 12.4. The van der Waals surface area contributed by atoms with E-state index < -0.39 is 12.0 Å². The fourth-order valence-corrected chi connectivity index (χ4v) is 2.66. The molecule has 21 heavy (non-hydrogen) atoms. The summed E-state index contributed by atoms with van der Waals surface area (Å²) in [5.41, 5.74) is 0. The van der Waals surface area contributed by atoms with Crippen LogP contribution in [0, 0.1) is 23.7 Å². The normalized spacial score (nSPS) is 18.9. The molecule has 1 fully saturated rings. The van der Waals surface area contributed by atoms with Gasteiger partial charge in [-0.25, -0.2) is 4.79 Å². The van der Waals surface area contributed by atoms with Crippen LogP contribution in [0.15, 0.2) is 0 Å². The monoisotopic (exact) mass is 294 g/mol. The molecular weight excluding hydrogens is 272 g/mol. The minimum atomic E-state index is -1.01. The van der Waals surface area contributed by atoms with Gasteiger partial charge < -0.3 is 14.9 Å². The molecule has 116 valence electrons. The molecule has 1 rings (SSSR count). The highest BCUT2D eigenvalue weighted by molar-refractivity contribution is 5.94. The van der Waals surface area contributed by atoms with E-state index >= 15 is 0 Å². The van der Waals surface area contributed by atoms with Crippen molar-refractivity contribution in [3.63, 3.8) is 0 Å². The summed E-state index contributed by atoms with van der Waals surface area (Å²) in [5.74, 6) is 2.95. The Balaban J connectivity index is 2.74. The first-order valence-corrected chi connectivity index (χ1v) is 7.00. The molecule has 1 heterocycles. The maximum atomic E-state index is 12.4. The highest BCUT2D eigenvalue weighted by Crippen LogP contribution is 2.21. The Kier molecular flexibility index (Phi) is 5.77. The van der Waals surface area contributed by atoms with Crippen LogP contribution < -0.4 is 0 Å². The van der Waals surface area contributed by atoms with Gasteiger partial charge in [-0.2, -0.15) is 0 Å². The number of hydrogen-bond acceptors (Lipinski definition) is 3. The van der Waals surface area contributed by atoms with Crippen LogP contribution in [0.4, 0.5) is 0 Å². The lowest BCUT2D eigenvalue weighted by molar-refractivity contribution is -0.152. The van der Waals surface area contributed by atoms with Crippen LogP contribution >= 0.6 is 0 Å². The van der Waals surface area contributed by atoms with Crippen LogP contribution in [0.5, 0.6) is 0 Å². The molecule has 6 heteroatoms. The van der Waals surface area contributed by atoms with Crippen molar-refractivity contribution >= 4 is 17.8 Å². The number of amides is 2. The van der Waals surface area contributed by atoms with Crippen molar-refractivity contribution in [2.45, 2.75) is 33.2 Å². The summed E-state index contributed by atoms with van der Waals surface area (Å²) >= 11 is 0. The summed E-state index contributed by atoms with van der Waals surface area (Å²) in [6, 6.07) is -0.849. The highest BCUT2D eigenvalue weighted by atomic mass is 16.4. The zero-order valence-corrected chi connectivity index (χ0v) is 12.9. The summed E-state index contributed by atoms with van der Waals surface area (Å²) in [6.45, 7) is 5.91. The van der Waals surface area contributed by atoms with Crippen LogP contribution in [-0.4, -0.2) is 58.9 Å². The van der Waals surface area contributed by atoms with Crippen molar-refractivity contribution in [2.24, 2.45) is 11.8 Å². The zero-order chi connectivity index (χ0) is 16.2. The van der Waals surface area contributed by atoms with Crippen molar-refractivity contribution in [3.8, 4) is 11.8 Å². The predicted molar refractivity (Wildman–Crippen MR) is 77.2 cm³/mol. The Hall–Kier alpha value is -2.03. The second-order valence-corrected chi connectivity index (χ2v) is 5.59. The number of carboxylic acid groups (broad SMARTS) is 1. The van der Waals surface area contributed by atoms with Crippen LogP contribution in [0.3, 0.4) is 0 Å². The summed E-state index contributed by atoms with van der Waals surface area (Å²) < 4.78 is 0. The summed E-state index contributed by atoms with van der Waals surface area (Å²) in [6.07, 6.45) is 0.546. The van der Waals surface area contributed by atoms with Gasteiger partial charge >= 0.3 is 5.97 Å². The van der Waals surface area contributed by atoms with E-state index in [4.69, 9.17) is 0 Å². The van der Waals surface area contributed by atoms with Gasteiger partial charge in [-0.15, -0.1) is 0 Å². The SMILES string of the molecule is CC#CC(=O)N1CC[C@H](C(=O)N(C)[C@H](C(=O)O)C(C)C)C1. The van der Waals surface area contributed by atoms with Gasteiger partial charge in [0.1, 0.15) is 6.04 Å². The van der Waals surface area contributed by atoms with Crippen molar-refractivity contribution in [3.05, 3.63) is 0 Å². The Morgan fingerprint density at radius 1 is 1.33 bits per heavy atom. The van der Waals surface area contributed by atoms with Gasteiger partial charge in [0.15, 0.2) is 0 Å². The van der Waals surface area contributed by atoms with Gasteiger partial charge in [-0.1, -0.05) is 19.8 Å². The van der Waals surface area contributed by atoms with Gasteiger partial charge in [-0.05, 0) is 25.2 Å². The second kappa shape index (κ2) is 7.11. The molecule has 0 saturated carbocycles. The first-order valence-electron chi connectivity index (χ1n) is 7.00. The van der Waals surface area contributed by atoms with Gasteiger partial charge in [-0.3, -0.25) is 9.59 Å². The van der Waals surface area contributed by atoms with Crippen LogP contribution in [-0.2, 0) is 14.4 Å². The molecule has 0 radical (unpaired) electrons. The minimum Gasteiger partial charge on any atom is -0.480 e. The van der Waals surface area contributed by atoms with Crippen molar-refractivity contribution < 1.29 is 19.5 Å². The third-order valence-corrected chi connectivity index (χ3v) is 3.71. The van der Waals surface area contributed by atoms with Gasteiger partial charge in [0.25, 0.3) is 5.91 Å². The molecule has 0 aromatic carbocycles. The molecule has 1 aliphatic rings. The lowest BCUT2D eigenvalue weighted by atomic mass is 10.0. The summed E-state index contributed by atoms with van der Waals surface area (Å²) in [5, 5.41) is 9.24. The van der Waals surface area contributed by atoms with E-state index in [1.165, 1.54) is 16.8 Å². The Bertz CT molecular complexity index is 490. The van der Waals surface area contributed by atoms with E-state index in [1.807, 2.05) is 0 Å². The largest absolute Gasteiger partial charge is 0.480 e. The molecule has 0 unspecified atom stereocenters. The van der Waals surface area contributed by atoms with E-state index in [1.54, 1.807) is 20.8 Å². The van der Waals surface area contributed by atoms with E-state index in [0.29, 0.717) is 19.5 Å². The van der Waals surface area contributed by atoms with E-state index in [0.717, 1.165) is 0 Å². The quantitative estimate of drug-likeness (QED) is 0.763. The van der Waals surface area contributed by atoms with Crippen LogP contribution in [0.25, 0.3) is 0 Å². The lowest BCUT2D eigenvalue weighted by Crippen LogP contribution is -2.48. The van der Waals surface area contributed by atoms with Gasteiger partial charge in [0.2, 0.25) is 5.91 Å². The molecule has 0 aliphatic carbocycles. The number of likely N-dealkylation sites (tertiary alicyclic amines) is 1. The Labute approximate surface area is 125 Å². The minimum absolute atomic E-state index is 0.179. The zero-order valence-electron chi connectivity index (χ0n) is 12.9. The number of carbonyl (C=O) groups excluding carboxylic acids is 2. The molecule has 0 aromatic rings. The predicted octanol–water partition coefficient (Wildman–Crippen LogP) is 0.426. The molecule has 0 spiro atoms. The molecule has 0 aromatic heterocycles. The number of rotatable bonds is 4. The van der Waals surface area contributed by atoms with E-state index in [-0.39, 0.29) is 23.7 Å². The Morgan fingerprint density at radius 3 is 2.43 bits per heavy atom. The molecule has 6 nitrogen and oxygen atoms in total. The molecule has 1 saturated heterocycles. The number of aliphatic carboxylic acids is 1. The molecular formula is C15H22N2O4. The number of carboxylic acids is 1. The fourth-order valence-electron chi connectivity index (χ4n) is 2.66. The first kappa shape index (κ1) is 17.0. The number of hydrogen-bond donors (Lipinski definition) is 1. The second-order valence-electron chi connectivity index (χ2n) is 5.59. The van der Waals surface area contributed by atoms with Gasteiger partial charge in [0, 0.05) is 20.1 Å². The highest BCUT2D eigenvalue weighted by Gasteiger charge is 2.37. The van der Waals surface area contributed by atoms with Crippen molar-refractivity contribution in [1.29, 1.82) is 0 Å². The smallest absolute Gasteiger partial charge is 0.326 e. The van der Waals surface area contributed by atoms with E-state index in [9.17, 15) is 19.5 Å². The molecule has 0 bridgehead atoms. The summed E-state index contributed by atoms with van der Waals surface area (Å²) in [4.78, 5) is 38.2. The average molecular weight is 294 g/mol. The molecule has 2 atom stereocenters. The third kappa shape index (κ3) is 3.97. The summed E-state index contributed by atoms with van der Waals surface area (Å²) in [7, 11) is 1.51. The number of likely N-dealkylation sites (N-methyl/N-ethyl adjacent to an activating group) is 1. The van der Waals surface area contributed by atoms with Crippen LogP contribution in [0.1, 0.15) is 27.2 Å². The van der Waals surface area contributed by atoms with E-state index in [2.05, 4.69) is 11.8 Å². The van der Waals surface area contributed by atoms with Gasteiger partial charge in [0.05, 0.1) is 5.92 Å². The third-order valence-electron chi connectivity index (χ3n) is 3.71. The van der Waals surface area contributed by atoms with Crippen molar-refractivity contribution in [1.82, 2.24) is 9.80 Å². The topological polar surface area (TPSA) is 77.9 Å². The standard InChI is InChI=1S/C15H22N2O4/c1-5-6-12(18)17-8-7-11(9-17)14(19)16(4)13(10(2)3)15(20)21/h10-11,13H,7-9H2,1-4H3,(H,20,21)/t11-,13-/m0/s1. The lowest BCUT2D eigenvalue weighted by Gasteiger charge is -2.29. The number of carbonyl (C=O) groups is 3. The molecule has 1 N–H and O–H groups in total. The molecule has 2 amide bonds. The average Bonchev–Trinajstić information content (AvgIpc) is 2.86. The molecule has 1 aliphatic heterocycles. The fraction of sp³-hybridized carbons (Fsp3) is 0.667. The van der Waals surface area contributed by atoms with Crippen LogP contribution in [0.2, 0.25) is 0 Å².